The molecule has 1 fully saturated rings. The largest absolute Gasteiger partial charge is 0.317 e. The zero-order chi connectivity index (χ0) is 11.5. The molecule has 1 rings (SSSR count). The lowest BCUT2D eigenvalue weighted by atomic mass is 9.89. The maximum Gasteiger partial charge on any atom is 0.00666 e. The lowest BCUT2D eigenvalue weighted by Gasteiger charge is -2.26. The molecular formula is C13H30N2. The van der Waals surface area contributed by atoms with Crippen LogP contribution in [0.2, 0.25) is 0 Å². The fraction of sp³-hybridized carbons (Fsp3) is 1.00. The van der Waals surface area contributed by atoms with Crippen molar-refractivity contribution in [1.82, 2.24) is 10.6 Å². The Balaban J connectivity index is 0.000000921. The van der Waals surface area contributed by atoms with Gasteiger partial charge in [-0.3, -0.25) is 0 Å². The van der Waals surface area contributed by atoms with Crippen LogP contribution >= 0.6 is 0 Å². The Kier molecular flexibility index (Phi) is 10.4. The molecule has 0 spiro atoms. The predicted molar refractivity (Wildman–Crippen MR) is 69.3 cm³/mol. The lowest BCUT2D eigenvalue weighted by molar-refractivity contribution is 0.308. The Bertz CT molecular complexity index is 117. The van der Waals surface area contributed by atoms with Crippen molar-refractivity contribution in [2.75, 3.05) is 20.1 Å². The highest BCUT2D eigenvalue weighted by atomic mass is 14.9. The number of rotatable bonds is 5. The summed E-state index contributed by atoms with van der Waals surface area (Å²) in [5, 5.41) is 6.85. The molecule has 1 atom stereocenters. The van der Waals surface area contributed by atoms with Gasteiger partial charge in [0.05, 0.1) is 0 Å². The van der Waals surface area contributed by atoms with E-state index in [9.17, 15) is 0 Å². The lowest BCUT2D eigenvalue weighted by Crippen LogP contribution is -2.33. The smallest absolute Gasteiger partial charge is 0.00666 e. The molecule has 2 heteroatoms. The maximum absolute atomic E-state index is 3.43. The van der Waals surface area contributed by atoms with Gasteiger partial charge in [-0.2, -0.15) is 0 Å². The summed E-state index contributed by atoms with van der Waals surface area (Å²) in [7, 11) is 2.10. The molecule has 1 aliphatic heterocycles. The van der Waals surface area contributed by atoms with E-state index in [2.05, 4.69) is 24.6 Å². The predicted octanol–water partition coefficient (Wildman–Crippen LogP) is 2.79. The summed E-state index contributed by atoms with van der Waals surface area (Å²) in [5.41, 5.74) is 0. The first-order chi connectivity index (χ1) is 7.36. The van der Waals surface area contributed by atoms with Gasteiger partial charge in [-0.25, -0.2) is 0 Å². The molecule has 1 heterocycles. The van der Waals surface area contributed by atoms with Crippen LogP contribution in [0.25, 0.3) is 0 Å². The van der Waals surface area contributed by atoms with E-state index in [4.69, 9.17) is 0 Å². The van der Waals surface area contributed by atoms with Crippen molar-refractivity contribution in [1.29, 1.82) is 0 Å². The Morgan fingerprint density at radius 3 is 2.33 bits per heavy atom. The van der Waals surface area contributed by atoms with Gasteiger partial charge < -0.3 is 10.6 Å². The van der Waals surface area contributed by atoms with Gasteiger partial charge in [0.25, 0.3) is 0 Å². The molecule has 0 aromatic carbocycles. The fourth-order valence-corrected chi connectivity index (χ4v) is 2.25. The first-order valence-electron chi connectivity index (χ1n) is 6.74. The summed E-state index contributed by atoms with van der Waals surface area (Å²) >= 11 is 0. The summed E-state index contributed by atoms with van der Waals surface area (Å²) in [6.07, 6.45) is 6.77. The number of nitrogens with one attached hydrogen (secondary N) is 2. The van der Waals surface area contributed by atoms with E-state index in [0.717, 1.165) is 12.0 Å². The average Bonchev–Trinajstić information content (AvgIpc) is 2.32. The van der Waals surface area contributed by atoms with E-state index < -0.39 is 0 Å². The Morgan fingerprint density at radius 1 is 1.27 bits per heavy atom. The Hall–Kier alpha value is -0.0800. The molecule has 0 aliphatic carbocycles. The van der Waals surface area contributed by atoms with Crippen LogP contribution in [-0.2, 0) is 0 Å². The van der Waals surface area contributed by atoms with Crippen LogP contribution in [-0.4, -0.2) is 26.2 Å². The standard InChI is InChI=1S/C11H24N2.C2H6/c1-3-4-11(12-2)9-10-5-7-13-8-6-10;1-2/h10-13H,3-9H2,1-2H3;1-2H3. The van der Waals surface area contributed by atoms with Crippen LogP contribution in [0, 0.1) is 5.92 Å². The Labute approximate surface area is 96.2 Å². The van der Waals surface area contributed by atoms with Crippen molar-refractivity contribution in [3.05, 3.63) is 0 Å². The van der Waals surface area contributed by atoms with Gasteiger partial charge in [-0.05, 0) is 51.7 Å². The zero-order valence-corrected chi connectivity index (χ0v) is 11.1. The van der Waals surface area contributed by atoms with Crippen molar-refractivity contribution in [2.45, 2.75) is 58.9 Å². The second-order valence-corrected chi connectivity index (χ2v) is 4.20. The minimum Gasteiger partial charge on any atom is -0.317 e. The minimum absolute atomic E-state index is 0.757. The summed E-state index contributed by atoms with van der Waals surface area (Å²) < 4.78 is 0. The van der Waals surface area contributed by atoms with Crippen LogP contribution in [0.3, 0.4) is 0 Å². The second kappa shape index (κ2) is 10.4. The van der Waals surface area contributed by atoms with Crippen molar-refractivity contribution in [2.24, 2.45) is 5.92 Å². The zero-order valence-electron chi connectivity index (χ0n) is 11.1. The molecule has 0 bridgehead atoms. The summed E-state index contributed by atoms with van der Waals surface area (Å²) in [4.78, 5) is 0. The highest BCUT2D eigenvalue weighted by Crippen LogP contribution is 2.19. The molecule has 0 amide bonds. The van der Waals surface area contributed by atoms with Gasteiger partial charge in [0.2, 0.25) is 0 Å². The maximum atomic E-state index is 3.43. The van der Waals surface area contributed by atoms with Crippen LogP contribution < -0.4 is 10.6 Å². The second-order valence-electron chi connectivity index (χ2n) is 4.20. The molecular weight excluding hydrogens is 184 g/mol. The third-order valence-electron chi connectivity index (χ3n) is 3.12. The van der Waals surface area contributed by atoms with Gasteiger partial charge in [-0.1, -0.05) is 27.2 Å². The number of hydrogen-bond donors (Lipinski definition) is 2. The van der Waals surface area contributed by atoms with Gasteiger partial charge >= 0.3 is 0 Å². The third kappa shape index (κ3) is 6.91. The molecule has 0 aromatic rings. The van der Waals surface area contributed by atoms with Crippen molar-refractivity contribution >= 4 is 0 Å². The van der Waals surface area contributed by atoms with Crippen molar-refractivity contribution < 1.29 is 0 Å². The van der Waals surface area contributed by atoms with Crippen molar-refractivity contribution in [3.8, 4) is 0 Å². The van der Waals surface area contributed by atoms with Crippen molar-refractivity contribution in [3.63, 3.8) is 0 Å². The monoisotopic (exact) mass is 214 g/mol. The molecule has 1 aliphatic rings. The highest BCUT2D eigenvalue weighted by molar-refractivity contribution is 4.74. The van der Waals surface area contributed by atoms with Gasteiger partial charge in [0, 0.05) is 6.04 Å². The van der Waals surface area contributed by atoms with Crippen LogP contribution in [0.1, 0.15) is 52.9 Å². The van der Waals surface area contributed by atoms with Crippen LogP contribution in [0.4, 0.5) is 0 Å². The molecule has 1 saturated heterocycles. The van der Waals surface area contributed by atoms with E-state index >= 15 is 0 Å². The molecule has 92 valence electrons. The Morgan fingerprint density at radius 2 is 1.87 bits per heavy atom. The van der Waals surface area contributed by atoms with Crippen LogP contribution in [0.15, 0.2) is 0 Å². The topological polar surface area (TPSA) is 24.1 Å². The summed E-state index contributed by atoms with van der Waals surface area (Å²) in [6, 6.07) is 0.757. The van der Waals surface area contributed by atoms with E-state index in [1.54, 1.807) is 0 Å². The van der Waals surface area contributed by atoms with E-state index in [1.165, 1.54) is 45.2 Å². The normalized spacial score (nSPS) is 19.2. The highest BCUT2D eigenvalue weighted by Gasteiger charge is 2.16. The van der Waals surface area contributed by atoms with E-state index in [-0.39, 0.29) is 0 Å². The molecule has 0 saturated carbocycles. The first kappa shape index (κ1) is 14.9. The number of piperidine rings is 1. The van der Waals surface area contributed by atoms with Crippen LogP contribution in [0.5, 0.6) is 0 Å². The molecule has 0 radical (unpaired) electrons. The number of hydrogen-bond acceptors (Lipinski definition) is 2. The first-order valence-corrected chi connectivity index (χ1v) is 6.74. The SMILES string of the molecule is CC.CCCC(CC1CCNCC1)NC. The molecule has 0 aromatic heterocycles. The third-order valence-corrected chi connectivity index (χ3v) is 3.12. The minimum atomic E-state index is 0.757. The average molecular weight is 214 g/mol. The van der Waals surface area contributed by atoms with Gasteiger partial charge in [0.15, 0.2) is 0 Å². The fourth-order valence-electron chi connectivity index (χ4n) is 2.25. The van der Waals surface area contributed by atoms with E-state index in [1.807, 2.05) is 13.8 Å². The van der Waals surface area contributed by atoms with E-state index in [0.29, 0.717) is 0 Å². The summed E-state index contributed by atoms with van der Waals surface area (Å²) in [5.74, 6) is 0.963. The molecule has 15 heavy (non-hydrogen) atoms. The summed E-state index contributed by atoms with van der Waals surface area (Å²) in [6.45, 7) is 8.73. The molecule has 1 unspecified atom stereocenters. The molecule has 2 N–H and O–H groups in total. The van der Waals surface area contributed by atoms with Gasteiger partial charge in [0.1, 0.15) is 0 Å². The quantitative estimate of drug-likeness (QED) is 0.735. The molecule has 2 nitrogen and oxygen atoms in total. The van der Waals surface area contributed by atoms with Gasteiger partial charge in [-0.15, -0.1) is 0 Å².